The van der Waals surface area contributed by atoms with Crippen LogP contribution >= 0.6 is 0 Å². The first-order valence-corrected chi connectivity index (χ1v) is 8.18. The summed E-state index contributed by atoms with van der Waals surface area (Å²) >= 11 is 0. The standard InChI is InChI=1S/C15H27N3O.C2H6/c1-4-13-8-9-14(18-15(13)16-2)7-5-6-10-17-11-12-19-3;1-2/h8-9,17H,4-7,10-12H2,1-3H3,(H,16,18);1-2H3. The van der Waals surface area contributed by atoms with Crippen LogP contribution in [0.25, 0.3) is 0 Å². The van der Waals surface area contributed by atoms with E-state index in [-0.39, 0.29) is 0 Å². The molecule has 0 bridgehead atoms. The Morgan fingerprint density at radius 2 is 1.90 bits per heavy atom. The van der Waals surface area contributed by atoms with Crippen LogP contribution in [0.15, 0.2) is 12.1 Å². The first-order valence-electron chi connectivity index (χ1n) is 8.18. The highest BCUT2D eigenvalue weighted by molar-refractivity contribution is 5.44. The number of hydrogen-bond donors (Lipinski definition) is 2. The van der Waals surface area contributed by atoms with Crippen molar-refractivity contribution in [2.24, 2.45) is 0 Å². The van der Waals surface area contributed by atoms with Gasteiger partial charge in [0, 0.05) is 26.4 Å². The second-order valence-corrected chi connectivity index (χ2v) is 4.61. The van der Waals surface area contributed by atoms with Crippen LogP contribution in [0.1, 0.15) is 44.9 Å². The maximum absolute atomic E-state index is 4.99. The molecule has 1 heterocycles. The van der Waals surface area contributed by atoms with Gasteiger partial charge in [0.05, 0.1) is 6.61 Å². The third-order valence-electron chi connectivity index (χ3n) is 3.17. The summed E-state index contributed by atoms with van der Waals surface area (Å²) < 4.78 is 4.99. The predicted octanol–water partition coefficient (Wildman–Crippen LogP) is 3.27. The van der Waals surface area contributed by atoms with Gasteiger partial charge in [-0.3, -0.25) is 0 Å². The molecular weight excluding hydrogens is 262 g/mol. The Hall–Kier alpha value is -1.13. The number of unbranched alkanes of at least 4 members (excludes halogenated alkanes) is 1. The smallest absolute Gasteiger partial charge is 0.129 e. The van der Waals surface area contributed by atoms with Gasteiger partial charge in [0.1, 0.15) is 5.82 Å². The van der Waals surface area contributed by atoms with E-state index < -0.39 is 0 Å². The van der Waals surface area contributed by atoms with E-state index in [0.29, 0.717) is 0 Å². The van der Waals surface area contributed by atoms with Gasteiger partial charge in [-0.15, -0.1) is 0 Å². The number of aromatic nitrogens is 1. The number of nitrogens with one attached hydrogen (secondary N) is 2. The van der Waals surface area contributed by atoms with Gasteiger partial charge in [0.25, 0.3) is 0 Å². The van der Waals surface area contributed by atoms with Gasteiger partial charge in [-0.2, -0.15) is 0 Å². The molecule has 4 heteroatoms. The van der Waals surface area contributed by atoms with Crippen LogP contribution in [0, 0.1) is 0 Å². The fraction of sp³-hybridized carbons (Fsp3) is 0.706. The lowest BCUT2D eigenvalue weighted by molar-refractivity contribution is 0.199. The van der Waals surface area contributed by atoms with E-state index >= 15 is 0 Å². The van der Waals surface area contributed by atoms with Crippen molar-refractivity contribution in [2.75, 3.05) is 39.2 Å². The van der Waals surface area contributed by atoms with Gasteiger partial charge >= 0.3 is 0 Å². The van der Waals surface area contributed by atoms with E-state index in [2.05, 4.69) is 34.7 Å². The van der Waals surface area contributed by atoms with E-state index in [4.69, 9.17) is 4.74 Å². The average Bonchev–Trinajstić information content (AvgIpc) is 2.55. The number of nitrogens with zero attached hydrogens (tertiary/aromatic N) is 1. The molecule has 0 aliphatic heterocycles. The van der Waals surface area contributed by atoms with Crippen molar-refractivity contribution in [2.45, 2.75) is 46.5 Å². The predicted molar refractivity (Wildman–Crippen MR) is 92.2 cm³/mol. The summed E-state index contributed by atoms with van der Waals surface area (Å²) in [4.78, 5) is 4.66. The molecule has 0 aliphatic rings. The molecule has 21 heavy (non-hydrogen) atoms. The highest BCUT2D eigenvalue weighted by Gasteiger charge is 2.02. The van der Waals surface area contributed by atoms with E-state index in [0.717, 1.165) is 38.4 Å². The lowest BCUT2D eigenvalue weighted by Gasteiger charge is -2.09. The van der Waals surface area contributed by atoms with Crippen LogP contribution in [-0.4, -0.2) is 38.8 Å². The summed E-state index contributed by atoms with van der Waals surface area (Å²) in [7, 11) is 3.66. The Balaban J connectivity index is 0.00000191. The zero-order valence-electron chi connectivity index (χ0n) is 14.5. The van der Waals surface area contributed by atoms with Crippen LogP contribution in [0.5, 0.6) is 0 Å². The molecule has 1 aromatic rings. The minimum absolute atomic E-state index is 0.783. The number of methoxy groups -OCH3 is 1. The Morgan fingerprint density at radius 3 is 2.52 bits per heavy atom. The van der Waals surface area contributed by atoms with Crippen LogP contribution in [0.3, 0.4) is 0 Å². The molecule has 0 fully saturated rings. The highest BCUT2D eigenvalue weighted by Crippen LogP contribution is 2.14. The van der Waals surface area contributed by atoms with Gasteiger partial charge in [-0.05, 0) is 43.9 Å². The van der Waals surface area contributed by atoms with Crippen molar-refractivity contribution in [3.05, 3.63) is 23.4 Å². The molecule has 1 aromatic heterocycles. The molecule has 122 valence electrons. The molecule has 0 saturated heterocycles. The Kier molecular flexibility index (Phi) is 13.1. The highest BCUT2D eigenvalue weighted by atomic mass is 16.5. The molecule has 4 nitrogen and oxygen atoms in total. The maximum atomic E-state index is 4.99. The van der Waals surface area contributed by atoms with E-state index in [1.54, 1.807) is 7.11 Å². The molecule has 0 unspecified atom stereocenters. The number of anilines is 1. The van der Waals surface area contributed by atoms with Crippen LogP contribution in [0.4, 0.5) is 5.82 Å². The molecule has 1 rings (SSSR count). The SMILES string of the molecule is CC.CCc1ccc(CCCCNCCOC)nc1NC. The zero-order chi connectivity index (χ0) is 15.9. The monoisotopic (exact) mass is 295 g/mol. The van der Waals surface area contributed by atoms with E-state index in [9.17, 15) is 0 Å². The first-order chi connectivity index (χ1) is 10.3. The van der Waals surface area contributed by atoms with Crippen molar-refractivity contribution < 1.29 is 4.74 Å². The van der Waals surface area contributed by atoms with Gasteiger partial charge in [-0.1, -0.05) is 26.8 Å². The minimum atomic E-state index is 0.783. The quantitative estimate of drug-likeness (QED) is 0.650. The Labute approximate surface area is 130 Å². The maximum Gasteiger partial charge on any atom is 0.129 e. The van der Waals surface area contributed by atoms with Crippen LogP contribution in [0.2, 0.25) is 0 Å². The Bertz CT molecular complexity index is 356. The number of pyridine rings is 1. The molecule has 0 radical (unpaired) electrons. The average molecular weight is 295 g/mol. The second kappa shape index (κ2) is 13.8. The molecule has 0 aromatic carbocycles. The fourth-order valence-electron chi connectivity index (χ4n) is 2.02. The van der Waals surface area contributed by atoms with Gasteiger partial charge < -0.3 is 15.4 Å². The first kappa shape index (κ1) is 19.9. The van der Waals surface area contributed by atoms with E-state index in [1.165, 1.54) is 24.1 Å². The zero-order valence-corrected chi connectivity index (χ0v) is 14.5. The lowest BCUT2D eigenvalue weighted by atomic mass is 10.1. The molecule has 0 aliphatic carbocycles. The van der Waals surface area contributed by atoms with E-state index in [1.807, 2.05) is 20.9 Å². The largest absolute Gasteiger partial charge is 0.383 e. The number of hydrogen-bond acceptors (Lipinski definition) is 4. The molecule has 2 N–H and O–H groups in total. The molecule has 0 spiro atoms. The topological polar surface area (TPSA) is 46.2 Å². The third kappa shape index (κ3) is 8.68. The van der Waals surface area contributed by atoms with Crippen molar-refractivity contribution in [1.29, 1.82) is 0 Å². The summed E-state index contributed by atoms with van der Waals surface area (Å²) in [5, 5.41) is 6.53. The summed E-state index contributed by atoms with van der Waals surface area (Å²) in [6, 6.07) is 4.34. The number of rotatable bonds is 10. The third-order valence-corrected chi connectivity index (χ3v) is 3.17. The molecule has 0 atom stereocenters. The van der Waals surface area contributed by atoms with Crippen molar-refractivity contribution >= 4 is 5.82 Å². The summed E-state index contributed by atoms with van der Waals surface area (Å²) in [6.07, 6.45) is 4.41. The minimum Gasteiger partial charge on any atom is -0.383 e. The van der Waals surface area contributed by atoms with Gasteiger partial charge in [0.2, 0.25) is 0 Å². The summed E-state index contributed by atoms with van der Waals surface area (Å²) in [5.41, 5.74) is 2.46. The number of aryl methyl sites for hydroxylation is 2. The molecule has 0 saturated carbocycles. The normalized spacial score (nSPS) is 9.95. The summed E-state index contributed by atoms with van der Waals surface area (Å²) in [5.74, 6) is 1.03. The van der Waals surface area contributed by atoms with Gasteiger partial charge in [0.15, 0.2) is 0 Å². The van der Waals surface area contributed by atoms with Gasteiger partial charge in [-0.25, -0.2) is 4.98 Å². The van der Waals surface area contributed by atoms with Crippen molar-refractivity contribution in [3.63, 3.8) is 0 Å². The molecule has 0 amide bonds. The van der Waals surface area contributed by atoms with Crippen molar-refractivity contribution in [3.8, 4) is 0 Å². The lowest BCUT2D eigenvalue weighted by Crippen LogP contribution is -2.20. The summed E-state index contributed by atoms with van der Waals surface area (Å²) in [6.45, 7) is 8.92. The van der Waals surface area contributed by atoms with Crippen LogP contribution in [-0.2, 0) is 17.6 Å². The number of ether oxygens (including phenoxy) is 1. The second-order valence-electron chi connectivity index (χ2n) is 4.61. The van der Waals surface area contributed by atoms with Crippen LogP contribution < -0.4 is 10.6 Å². The Morgan fingerprint density at radius 1 is 1.14 bits per heavy atom. The fourth-order valence-corrected chi connectivity index (χ4v) is 2.02. The molecular formula is C17H33N3O. The van der Waals surface area contributed by atoms with Crippen molar-refractivity contribution in [1.82, 2.24) is 10.3 Å².